The number of likely N-dealkylation sites (tertiary alicyclic amines) is 1. The number of fused-ring (bicyclic) bond motifs is 1. The Morgan fingerprint density at radius 2 is 1.66 bits per heavy atom. The van der Waals surface area contributed by atoms with Crippen molar-refractivity contribution in [1.82, 2.24) is 4.90 Å². The Bertz CT molecular complexity index is 1350. The number of rotatable bonds is 4. The fourth-order valence-corrected chi connectivity index (χ4v) is 4.11. The maximum atomic E-state index is 13.1. The predicted octanol–water partition coefficient (Wildman–Crippen LogP) is 4.76. The van der Waals surface area contributed by atoms with Gasteiger partial charge in [0.2, 0.25) is 0 Å². The van der Waals surface area contributed by atoms with E-state index in [4.69, 9.17) is 4.42 Å². The SMILES string of the molecule is O=C1C(=O)N(Cc2ccco2)C(c2ccc(O)cc2)/C1=C(/O)c1ccc2ccccc2c1. The van der Waals surface area contributed by atoms with Crippen LogP contribution in [0.5, 0.6) is 5.75 Å². The van der Waals surface area contributed by atoms with Crippen LogP contribution in [-0.4, -0.2) is 26.8 Å². The third-order valence-electron chi connectivity index (χ3n) is 5.68. The van der Waals surface area contributed by atoms with Crippen molar-refractivity contribution in [3.8, 4) is 5.75 Å². The monoisotopic (exact) mass is 425 g/mol. The highest BCUT2D eigenvalue weighted by Gasteiger charge is 2.46. The molecule has 0 aliphatic carbocycles. The lowest BCUT2D eigenvalue weighted by atomic mass is 9.94. The molecule has 0 saturated carbocycles. The maximum absolute atomic E-state index is 13.1. The molecule has 2 N–H and O–H groups in total. The smallest absolute Gasteiger partial charge is 0.296 e. The number of hydrogen-bond donors (Lipinski definition) is 2. The van der Waals surface area contributed by atoms with Crippen molar-refractivity contribution >= 4 is 28.2 Å². The summed E-state index contributed by atoms with van der Waals surface area (Å²) in [5.74, 6) is -1.15. The lowest BCUT2D eigenvalue weighted by Crippen LogP contribution is -2.29. The van der Waals surface area contributed by atoms with Crippen molar-refractivity contribution in [3.05, 3.63) is 108 Å². The first-order valence-electron chi connectivity index (χ1n) is 10.1. The van der Waals surface area contributed by atoms with Gasteiger partial charge in [-0.25, -0.2) is 0 Å². The number of carbonyl (C=O) groups excluding carboxylic acids is 2. The first-order valence-corrected chi connectivity index (χ1v) is 10.1. The highest BCUT2D eigenvalue weighted by atomic mass is 16.3. The number of aromatic hydroxyl groups is 1. The number of aliphatic hydroxyl groups is 1. The molecule has 1 aromatic heterocycles. The number of nitrogens with zero attached hydrogens (tertiary/aromatic N) is 1. The third kappa shape index (κ3) is 3.32. The second kappa shape index (κ2) is 7.74. The first-order chi connectivity index (χ1) is 15.5. The topological polar surface area (TPSA) is 91.0 Å². The Hall–Kier alpha value is -4.32. The van der Waals surface area contributed by atoms with Gasteiger partial charge in [-0.3, -0.25) is 9.59 Å². The summed E-state index contributed by atoms with van der Waals surface area (Å²) in [6, 6.07) is 21.9. The van der Waals surface area contributed by atoms with Gasteiger partial charge in [-0.15, -0.1) is 0 Å². The van der Waals surface area contributed by atoms with Crippen LogP contribution in [0.15, 0.2) is 95.1 Å². The fraction of sp³-hybridized carbons (Fsp3) is 0.0769. The van der Waals surface area contributed by atoms with Crippen LogP contribution in [0.2, 0.25) is 0 Å². The number of furan rings is 1. The summed E-state index contributed by atoms with van der Waals surface area (Å²) in [5.41, 5.74) is 1.04. The van der Waals surface area contributed by atoms with Crippen LogP contribution in [0.25, 0.3) is 16.5 Å². The van der Waals surface area contributed by atoms with Crippen LogP contribution < -0.4 is 0 Å². The lowest BCUT2D eigenvalue weighted by Gasteiger charge is -2.24. The van der Waals surface area contributed by atoms with E-state index < -0.39 is 17.7 Å². The zero-order valence-corrected chi connectivity index (χ0v) is 16.9. The van der Waals surface area contributed by atoms with Gasteiger partial charge in [0.1, 0.15) is 17.3 Å². The van der Waals surface area contributed by atoms with E-state index in [0.29, 0.717) is 16.9 Å². The Morgan fingerprint density at radius 3 is 2.38 bits per heavy atom. The van der Waals surface area contributed by atoms with Crippen molar-refractivity contribution in [2.75, 3.05) is 0 Å². The summed E-state index contributed by atoms with van der Waals surface area (Å²) < 4.78 is 5.39. The first kappa shape index (κ1) is 19.6. The van der Waals surface area contributed by atoms with Crippen molar-refractivity contribution in [1.29, 1.82) is 0 Å². The number of hydrogen-bond acceptors (Lipinski definition) is 5. The summed E-state index contributed by atoms with van der Waals surface area (Å²) >= 11 is 0. The summed E-state index contributed by atoms with van der Waals surface area (Å²) in [5, 5.41) is 22.8. The number of carbonyl (C=O) groups is 2. The Labute approximate surface area is 183 Å². The summed E-state index contributed by atoms with van der Waals surface area (Å²) in [6.45, 7) is 0.0671. The number of Topliss-reactive ketones (excluding diaryl/α,β-unsaturated/α-hetero) is 1. The van der Waals surface area contributed by atoms with Crippen LogP contribution >= 0.6 is 0 Å². The minimum Gasteiger partial charge on any atom is -0.508 e. The van der Waals surface area contributed by atoms with Crippen LogP contribution in [0.3, 0.4) is 0 Å². The van der Waals surface area contributed by atoms with E-state index in [1.165, 1.54) is 23.3 Å². The largest absolute Gasteiger partial charge is 0.508 e. The molecule has 158 valence electrons. The molecule has 1 aliphatic heterocycles. The number of ketones is 1. The molecule has 6 heteroatoms. The average molecular weight is 425 g/mol. The number of aliphatic hydroxyl groups excluding tert-OH is 1. The molecule has 32 heavy (non-hydrogen) atoms. The van der Waals surface area contributed by atoms with E-state index >= 15 is 0 Å². The number of phenolic OH excluding ortho intramolecular Hbond substituents is 1. The quantitative estimate of drug-likeness (QED) is 0.279. The maximum Gasteiger partial charge on any atom is 0.296 e. The summed E-state index contributed by atoms with van der Waals surface area (Å²) in [4.78, 5) is 27.4. The van der Waals surface area contributed by atoms with E-state index in [1.807, 2.05) is 30.3 Å². The second-order valence-electron chi connectivity index (χ2n) is 7.66. The van der Waals surface area contributed by atoms with Gasteiger partial charge in [0.25, 0.3) is 11.7 Å². The molecule has 0 bridgehead atoms. The van der Waals surface area contributed by atoms with Gasteiger partial charge in [0.15, 0.2) is 0 Å². The Morgan fingerprint density at radius 1 is 0.906 bits per heavy atom. The molecular formula is C26H19NO5. The van der Waals surface area contributed by atoms with Crippen LogP contribution in [0.4, 0.5) is 0 Å². The molecular weight excluding hydrogens is 406 g/mol. The molecule has 1 unspecified atom stereocenters. The molecule has 1 fully saturated rings. The van der Waals surface area contributed by atoms with Crippen molar-refractivity contribution < 1.29 is 24.2 Å². The van der Waals surface area contributed by atoms with Crippen molar-refractivity contribution in [2.24, 2.45) is 0 Å². The van der Waals surface area contributed by atoms with E-state index in [1.54, 1.807) is 36.4 Å². The van der Waals surface area contributed by atoms with Gasteiger partial charge < -0.3 is 19.5 Å². The van der Waals surface area contributed by atoms with Crippen LogP contribution in [0.1, 0.15) is 22.9 Å². The number of phenols is 1. The summed E-state index contributed by atoms with van der Waals surface area (Å²) in [6.07, 6.45) is 1.50. The van der Waals surface area contributed by atoms with E-state index in [0.717, 1.165) is 10.8 Å². The lowest BCUT2D eigenvalue weighted by molar-refractivity contribution is -0.140. The average Bonchev–Trinajstić information content (AvgIpc) is 3.41. The van der Waals surface area contributed by atoms with Gasteiger partial charge >= 0.3 is 0 Å². The zero-order valence-electron chi connectivity index (χ0n) is 16.9. The molecule has 1 aliphatic rings. The molecule has 5 rings (SSSR count). The predicted molar refractivity (Wildman–Crippen MR) is 119 cm³/mol. The molecule has 6 nitrogen and oxygen atoms in total. The molecule has 4 aromatic rings. The van der Waals surface area contributed by atoms with E-state index in [-0.39, 0.29) is 23.6 Å². The molecule has 0 spiro atoms. The van der Waals surface area contributed by atoms with E-state index in [2.05, 4.69) is 0 Å². The minimum absolute atomic E-state index is 0.00234. The molecule has 1 atom stereocenters. The highest BCUT2D eigenvalue weighted by molar-refractivity contribution is 6.46. The molecule has 2 heterocycles. The van der Waals surface area contributed by atoms with Gasteiger partial charge in [0, 0.05) is 5.56 Å². The summed E-state index contributed by atoms with van der Waals surface area (Å²) in [7, 11) is 0. The number of amides is 1. The fourth-order valence-electron chi connectivity index (χ4n) is 4.11. The minimum atomic E-state index is -0.827. The molecule has 1 saturated heterocycles. The standard InChI is InChI=1S/C26H19NO5/c28-20-11-9-17(10-12-20)23-22(25(30)26(31)27(23)15-21-6-3-13-32-21)24(29)19-8-7-16-4-1-2-5-18(16)14-19/h1-14,23,28-29H,15H2/b24-22-. The molecule has 1 amide bonds. The van der Waals surface area contributed by atoms with Gasteiger partial charge in [-0.05, 0) is 46.7 Å². The van der Waals surface area contributed by atoms with E-state index in [9.17, 15) is 19.8 Å². The number of benzene rings is 3. The van der Waals surface area contributed by atoms with Gasteiger partial charge in [-0.1, -0.05) is 48.5 Å². The van der Waals surface area contributed by atoms with Crippen molar-refractivity contribution in [2.45, 2.75) is 12.6 Å². The van der Waals surface area contributed by atoms with Crippen LogP contribution in [-0.2, 0) is 16.1 Å². The highest BCUT2D eigenvalue weighted by Crippen LogP contribution is 2.41. The second-order valence-corrected chi connectivity index (χ2v) is 7.66. The Balaban J connectivity index is 1.67. The zero-order chi connectivity index (χ0) is 22.2. The van der Waals surface area contributed by atoms with Gasteiger partial charge in [0.05, 0.1) is 24.4 Å². The third-order valence-corrected chi connectivity index (χ3v) is 5.68. The normalized spacial score (nSPS) is 17.9. The Kier molecular flexibility index (Phi) is 4.75. The van der Waals surface area contributed by atoms with Crippen LogP contribution in [0, 0.1) is 0 Å². The van der Waals surface area contributed by atoms with Crippen molar-refractivity contribution in [3.63, 3.8) is 0 Å². The molecule has 3 aromatic carbocycles. The van der Waals surface area contributed by atoms with Gasteiger partial charge in [-0.2, -0.15) is 0 Å². The molecule has 0 radical (unpaired) electrons.